The topological polar surface area (TPSA) is 41.5 Å². The van der Waals surface area contributed by atoms with Crippen LogP contribution in [0, 0.1) is 0 Å². The lowest BCUT2D eigenvalue weighted by Gasteiger charge is -2.02. The average molecular weight is 236 g/mol. The van der Waals surface area contributed by atoms with Crippen molar-refractivity contribution in [2.24, 2.45) is 5.10 Å². The van der Waals surface area contributed by atoms with Crippen LogP contribution in [0.5, 0.6) is 0 Å². The molecule has 0 aliphatic heterocycles. The lowest BCUT2D eigenvalue weighted by molar-refractivity contribution is 0.101. The summed E-state index contributed by atoms with van der Waals surface area (Å²) in [4.78, 5) is 11.8. The SMILES string of the molecule is O=C1C/C(=N/Nc2ccccc2)c2ccccc21. The molecule has 0 atom stereocenters. The smallest absolute Gasteiger partial charge is 0.169 e. The Morgan fingerprint density at radius 2 is 1.56 bits per heavy atom. The number of nitrogens with one attached hydrogen (secondary N) is 1. The van der Waals surface area contributed by atoms with Crippen molar-refractivity contribution in [2.75, 3.05) is 5.43 Å². The van der Waals surface area contributed by atoms with Gasteiger partial charge in [-0.25, -0.2) is 0 Å². The quantitative estimate of drug-likeness (QED) is 0.814. The van der Waals surface area contributed by atoms with Crippen LogP contribution in [-0.2, 0) is 0 Å². The van der Waals surface area contributed by atoms with Gasteiger partial charge in [-0.2, -0.15) is 5.10 Å². The fourth-order valence-electron chi connectivity index (χ4n) is 2.06. The van der Waals surface area contributed by atoms with E-state index in [1.54, 1.807) is 0 Å². The Kier molecular flexibility index (Phi) is 2.65. The molecule has 0 aromatic heterocycles. The van der Waals surface area contributed by atoms with E-state index in [0.717, 1.165) is 22.5 Å². The normalized spacial score (nSPS) is 15.8. The van der Waals surface area contributed by atoms with Crippen LogP contribution in [0.25, 0.3) is 0 Å². The van der Waals surface area contributed by atoms with Crippen LogP contribution in [0.3, 0.4) is 0 Å². The minimum Gasteiger partial charge on any atom is -0.294 e. The summed E-state index contributed by atoms with van der Waals surface area (Å²) in [6.45, 7) is 0. The molecule has 0 heterocycles. The minimum atomic E-state index is 0.138. The van der Waals surface area contributed by atoms with Crippen molar-refractivity contribution in [3.63, 3.8) is 0 Å². The predicted molar refractivity (Wildman–Crippen MR) is 72.0 cm³/mol. The number of hydrazone groups is 1. The van der Waals surface area contributed by atoms with E-state index in [1.165, 1.54) is 0 Å². The summed E-state index contributed by atoms with van der Waals surface area (Å²) >= 11 is 0. The van der Waals surface area contributed by atoms with E-state index in [4.69, 9.17) is 0 Å². The number of carbonyl (C=O) groups excluding carboxylic acids is 1. The molecule has 3 heteroatoms. The first kappa shape index (κ1) is 10.7. The molecular weight excluding hydrogens is 224 g/mol. The predicted octanol–water partition coefficient (Wildman–Crippen LogP) is 3.09. The third kappa shape index (κ3) is 1.91. The molecule has 2 aromatic rings. The summed E-state index contributed by atoms with van der Waals surface area (Å²) < 4.78 is 0. The molecule has 1 N–H and O–H groups in total. The molecule has 0 bridgehead atoms. The Balaban J connectivity index is 1.89. The molecule has 0 saturated heterocycles. The van der Waals surface area contributed by atoms with Crippen molar-refractivity contribution in [3.8, 4) is 0 Å². The summed E-state index contributed by atoms with van der Waals surface area (Å²) in [6, 6.07) is 17.3. The zero-order chi connectivity index (χ0) is 12.4. The maximum Gasteiger partial charge on any atom is 0.169 e. The molecule has 88 valence electrons. The number of hydrogen-bond acceptors (Lipinski definition) is 3. The molecule has 0 spiro atoms. The van der Waals surface area contributed by atoms with Crippen molar-refractivity contribution in [2.45, 2.75) is 6.42 Å². The number of ketones is 1. The first-order valence-electron chi connectivity index (χ1n) is 5.85. The Morgan fingerprint density at radius 3 is 2.33 bits per heavy atom. The van der Waals surface area contributed by atoms with E-state index in [0.29, 0.717) is 6.42 Å². The maximum atomic E-state index is 11.8. The molecule has 1 aliphatic carbocycles. The fourth-order valence-corrected chi connectivity index (χ4v) is 2.06. The molecule has 0 fully saturated rings. The van der Waals surface area contributed by atoms with Crippen LogP contribution in [0.15, 0.2) is 59.7 Å². The molecule has 3 nitrogen and oxygen atoms in total. The monoisotopic (exact) mass is 236 g/mol. The van der Waals surface area contributed by atoms with Gasteiger partial charge in [-0.1, -0.05) is 42.5 Å². The highest BCUT2D eigenvalue weighted by molar-refractivity contribution is 6.26. The molecule has 0 radical (unpaired) electrons. The molecule has 0 amide bonds. The molecule has 18 heavy (non-hydrogen) atoms. The highest BCUT2D eigenvalue weighted by Crippen LogP contribution is 2.22. The van der Waals surface area contributed by atoms with Gasteiger partial charge in [0.15, 0.2) is 5.78 Å². The summed E-state index contributed by atoms with van der Waals surface area (Å²) in [7, 11) is 0. The minimum absolute atomic E-state index is 0.138. The average Bonchev–Trinajstić information content (AvgIpc) is 2.75. The zero-order valence-corrected chi connectivity index (χ0v) is 9.76. The lowest BCUT2D eigenvalue weighted by atomic mass is 10.1. The van der Waals surface area contributed by atoms with Crippen molar-refractivity contribution in [3.05, 3.63) is 65.7 Å². The van der Waals surface area contributed by atoms with Gasteiger partial charge in [-0.15, -0.1) is 0 Å². The van der Waals surface area contributed by atoms with Gasteiger partial charge in [0.2, 0.25) is 0 Å². The van der Waals surface area contributed by atoms with Crippen molar-refractivity contribution < 1.29 is 4.79 Å². The standard InChI is InChI=1S/C15H12N2O/c18-15-10-14(12-8-4-5-9-13(12)15)17-16-11-6-2-1-3-7-11/h1-9,16H,10H2/b17-14-. The highest BCUT2D eigenvalue weighted by Gasteiger charge is 2.24. The Morgan fingerprint density at radius 1 is 0.889 bits per heavy atom. The van der Waals surface area contributed by atoms with E-state index in [2.05, 4.69) is 10.5 Å². The number of benzene rings is 2. The van der Waals surface area contributed by atoms with Crippen LogP contribution in [0.2, 0.25) is 0 Å². The second kappa shape index (κ2) is 4.45. The van der Waals surface area contributed by atoms with Gasteiger partial charge < -0.3 is 0 Å². The van der Waals surface area contributed by atoms with Gasteiger partial charge in [0.1, 0.15) is 0 Å². The van der Waals surface area contributed by atoms with Crippen LogP contribution >= 0.6 is 0 Å². The number of para-hydroxylation sites is 1. The third-order valence-corrected chi connectivity index (χ3v) is 2.96. The van der Waals surface area contributed by atoms with Crippen LogP contribution in [0.1, 0.15) is 22.3 Å². The number of hydrogen-bond donors (Lipinski definition) is 1. The largest absolute Gasteiger partial charge is 0.294 e. The second-order valence-corrected chi connectivity index (χ2v) is 4.18. The zero-order valence-electron chi connectivity index (χ0n) is 9.76. The molecular formula is C15H12N2O. The van der Waals surface area contributed by atoms with Gasteiger partial charge in [-0.3, -0.25) is 10.2 Å². The molecule has 1 aliphatic rings. The van der Waals surface area contributed by atoms with E-state index in [9.17, 15) is 4.79 Å². The van der Waals surface area contributed by atoms with Gasteiger partial charge >= 0.3 is 0 Å². The first-order chi connectivity index (χ1) is 8.84. The third-order valence-electron chi connectivity index (χ3n) is 2.96. The second-order valence-electron chi connectivity index (χ2n) is 4.18. The van der Waals surface area contributed by atoms with Crippen LogP contribution < -0.4 is 5.43 Å². The van der Waals surface area contributed by atoms with Gasteiger partial charge in [0.05, 0.1) is 17.8 Å². The van der Waals surface area contributed by atoms with Crippen molar-refractivity contribution in [1.29, 1.82) is 0 Å². The number of anilines is 1. The fraction of sp³-hybridized carbons (Fsp3) is 0.0667. The maximum absolute atomic E-state index is 11.8. The number of fused-ring (bicyclic) bond motifs is 1. The molecule has 0 unspecified atom stereocenters. The van der Waals surface area contributed by atoms with Crippen LogP contribution in [0.4, 0.5) is 5.69 Å². The van der Waals surface area contributed by atoms with Gasteiger partial charge in [0.25, 0.3) is 0 Å². The number of Topliss-reactive ketones (excluding diaryl/α,β-unsaturated/α-hetero) is 1. The van der Waals surface area contributed by atoms with E-state index < -0.39 is 0 Å². The summed E-state index contributed by atoms with van der Waals surface area (Å²) in [5.74, 6) is 0.138. The van der Waals surface area contributed by atoms with Crippen LogP contribution in [-0.4, -0.2) is 11.5 Å². The molecule has 2 aromatic carbocycles. The number of carbonyl (C=O) groups is 1. The molecule has 3 rings (SSSR count). The number of nitrogens with zero attached hydrogens (tertiary/aromatic N) is 1. The number of rotatable bonds is 2. The van der Waals surface area contributed by atoms with Crippen molar-refractivity contribution >= 4 is 17.2 Å². The summed E-state index contributed by atoms with van der Waals surface area (Å²) in [5.41, 5.74) is 6.41. The van der Waals surface area contributed by atoms with Gasteiger partial charge in [0, 0.05) is 11.1 Å². The first-order valence-corrected chi connectivity index (χ1v) is 5.85. The van der Waals surface area contributed by atoms with Gasteiger partial charge in [-0.05, 0) is 12.1 Å². The van der Waals surface area contributed by atoms with Crippen molar-refractivity contribution in [1.82, 2.24) is 0 Å². The summed E-state index contributed by atoms with van der Waals surface area (Å²) in [5, 5.41) is 4.33. The van der Waals surface area contributed by atoms with E-state index >= 15 is 0 Å². The molecule has 0 saturated carbocycles. The summed E-state index contributed by atoms with van der Waals surface area (Å²) in [6.07, 6.45) is 0.374. The lowest BCUT2D eigenvalue weighted by Crippen LogP contribution is -2.00. The van der Waals surface area contributed by atoms with E-state index in [-0.39, 0.29) is 5.78 Å². The Hall–Kier alpha value is -2.42. The highest BCUT2D eigenvalue weighted by atomic mass is 16.1. The van der Waals surface area contributed by atoms with E-state index in [1.807, 2.05) is 54.6 Å². The Labute approximate surface area is 105 Å². The Bertz CT molecular complexity index is 617.